The highest BCUT2D eigenvalue weighted by atomic mass is 15.2. The number of nitrogens with two attached hydrogens (primary N) is 1. The molecule has 10 nitrogen and oxygen atoms in total. The van der Waals surface area contributed by atoms with Crippen molar-refractivity contribution in [3.63, 3.8) is 0 Å². The molecule has 0 bridgehead atoms. The number of aryl methyl sites for hydroxylation is 2. The molecule has 0 saturated carbocycles. The van der Waals surface area contributed by atoms with E-state index in [2.05, 4.69) is 44.1 Å². The second kappa shape index (κ2) is 10.9. The van der Waals surface area contributed by atoms with Crippen LogP contribution < -0.4 is 10.6 Å². The lowest BCUT2D eigenvalue weighted by Crippen LogP contribution is -2.43. The van der Waals surface area contributed by atoms with Crippen LogP contribution in [0.25, 0.3) is 28.2 Å². The average molecular weight is 548 g/mol. The van der Waals surface area contributed by atoms with Gasteiger partial charge in [0.25, 0.3) is 0 Å². The van der Waals surface area contributed by atoms with Crippen molar-refractivity contribution in [1.82, 2.24) is 34.4 Å². The lowest BCUT2D eigenvalue weighted by Gasteiger charge is -2.37. The maximum atomic E-state index is 9.19. The van der Waals surface area contributed by atoms with Gasteiger partial charge in [-0.15, -0.1) is 0 Å². The Morgan fingerprint density at radius 3 is 2.59 bits per heavy atom. The van der Waals surface area contributed by atoms with Crippen molar-refractivity contribution in [2.24, 2.45) is 0 Å². The van der Waals surface area contributed by atoms with E-state index in [0.717, 1.165) is 58.9 Å². The van der Waals surface area contributed by atoms with Gasteiger partial charge in [-0.2, -0.15) is 5.26 Å². The van der Waals surface area contributed by atoms with Gasteiger partial charge in [0.2, 0.25) is 5.82 Å². The Balaban J connectivity index is 1.21. The minimum Gasteiger partial charge on any atom is -0.383 e. The van der Waals surface area contributed by atoms with Gasteiger partial charge in [0, 0.05) is 60.5 Å². The molecule has 0 radical (unpaired) electrons. The Morgan fingerprint density at radius 1 is 1.05 bits per heavy atom. The zero-order chi connectivity index (χ0) is 31.0. The summed E-state index contributed by atoms with van der Waals surface area (Å²) in [6.45, 7) is 3.83. The number of nitriles is 1. The largest absolute Gasteiger partial charge is 0.383 e. The first kappa shape index (κ1) is 22.9. The number of pyridine rings is 2. The summed E-state index contributed by atoms with van der Waals surface area (Å²) in [7, 11) is 0. The third-order valence-corrected chi connectivity index (χ3v) is 7.67. The number of imidazole rings is 1. The van der Waals surface area contributed by atoms with Crippen LogP contribution in [0.5, 0.6) is 0 Å². The normalized spacial score (nSPS) is 15.7. The molecule has 0 atom stereocenters. The van der Waals surface area contributed by atoms with Crippen molar-refractivity contribution in [3.05, 3.63) is 83.6 Å². The van der Waals surface area contributed by atoms with Gasteiger partial charge in [0.05, 0.1) is 5.56 Å². The van der Waals surface area contributed by atoms with Gasteiger partial charge in [-0.05, 0) is 74.2 Å². The number of aromatic nitrogens is 6. The molecule has 0 amide bonds. The lowest BCUT2D eigenvalue weighted by molar-refractivity contribution is 0.203. The summed E-state index contributed by atoms with van der Waals surface area (Å²) in [5, 5.41) is 9.19. The second-order valence-electron chi connectivity index (χ2n) is 10.3. The standard InChI is InChI=1S/C31H32N10/c1-20-17-26-31(36-21(20)2)41(30(37-26)25-5-4-13-35-29(25)33)24-8-6-22(7-9-24)19-40-15-11-23(12-16-40)39(3)28-10-14-34-27(18-32)38-28/h4-10,13-14,17,23H,11-12,15-16,19H2,1-3H3,(H2,33,35)/i3D3. The van der Waals surface area contributed by atoms with Crippen LogP contribution in [0.1, 0.15) is 39.6 Å². The van der Waals surface area contributed by atoms with Gasteiger partial charge in [0.15, 0.2) is 11.5 Å². The molecule has 1 saturated heterocycles. The van der Waals surface area contributed by atoms with E-state index < -0.39 is 6.98 Å². The van der Waals surface area contributed by atoms with Crippen LogP contribution in [0.2, 0.25) is 0 Å². The van der Waals surface area contributed by atoms with Crippen LogP contribution in [-0.2, 0) is 6.54 Å². The van der Waals surface area contributed by atoms with E-state index in [9.17, 15) is 5.26 Å². The van der Waals surface area contributed by atoms with Gasteiger partial charge in [-0.25, -0.2) is 24.9 Å². The fraction of sp³-hybridized carbons (Fsp3) is 0.290. The zero-order valence-electron chi connectivity index (χ0n) is 26.0. The van der Waals surface area contributed by atoms with Gasteiger partial charge in [0.1, 0.15) is 23.2 Å². The van der Waals surface area contributed by atoms with Crippen molar-refractivity contribution < 1.29 is 4.11 Å². The Hall–Kier alpha value is -4.88. The van der Waals surface area contributed by atoms with Crippen molar-refractivity contribution >= 4 is 22.8 Å². The van der Waals surface area contributed by atoms with Crippen LogP contribution in [0.4, 0.5) is 11.6 Å². The number of benzene rings is 1. The number of likely N-dealkylation sites (tertiary alicyclic amines) is 1. The smallest absolute Gasteiger partial charge is 0.234 e. The number of piperidine rings is 1. The zero-order valence-corrected chi connectivity index (χ0v) is 23.0. The molecule has 2 N–H and O–H groups in total. The van der Waals surface area contributed by atoms with E-state index in [1.54, 1.807) is 12.3 Å². The summed E-state index contributed by atoms with van der Waals surface area (Å²) in [6.07, 6.45) is 4.41. The molecule has 6 rings (SSSR count). The van der Waals surface area contributed by atoms with Crippen molar-refractivity contribution in [1.29, 1.82) is 5.26 Å². The van der Waals surface area contributed by atoms with Crippen molar-refractivity contribution in [2.45, 2.75) is 39.3 Å². The molecule has 10 heteroatoms. The molecular weight excluding hydrogens is 512 g/mol. The van der Waals surface area contributed by atoms with E-state index in [1.807, 2.05) is 42.7 Å². The maximum Gasteiger partial charge on any atom is 0.234 e. The highest BCUT2D eigenvalue weighted by molar-refractivity contribution is 5.83. The highest BCUT2D eigenvalue weighted by Crippen LogP contribution is 2.31. The van der Waals surface area contributed by atoms with Crippen LogP contribution in [0.3, 0.4) is 0 Å². The highest BCUT2D eigenvalue weighted by Gasteiger charge is 2.24. The van der Waals surface area contributed by atoms with Gasteiger partial charge >= 0.3 is 0 Å². The third-order valence-electron chi connectivity index (χ3n) is 7.67. The van der Waals surface area contributed by atoms with E-state index in [-0.39, 0.29) is 17.7 Å². The molecule has 1 aliphatic rings. The maximum absolute atomic E-state index is 9.19. The summed E-state index contributed by atoms with van der Waals surface area (Å²) in [6, 6.07) is 17.4. The second-order valence-corrected chi connectivity index (χ2v) is 10.3. The molecule has 1 aromatic carbocycles. The molecule has 0 aliphatic carbocycles. The van der Waals surface area contributed by atoms with E-state index >= 15 is 0 Å². The molecule has 5 aromatic rings. The number of hydrogen-bond donors (Lipinski definition) is 1. The van der Waals surface area contributed by atoms with E-state index in [1.165, 1.54) is 11.1 Å². The number of nitrogen functional groups attached to an aromatic ring is 1. The molecule has 4 aromatic heterocycles. The summed E-state index contributed by atoms with van der Waals surface area (Å²) in [4.78, 5) is 25.8. The topological polar surface area (TPSA) is 126 Å². The van der Waals surface area contributed by atoms with E-state index in [0.29, 0.717) is 24.5 Å². The van der Waals surface area contributed by atoms with Crippen molar-refractivity contribution in [3.8, 4) is 23.1 Å². The van der Waals surface area contributed by atoms with Crippen molar-refractivity contribution in [2.75, 3.05) is 30.7 Å². The number of nitrogens with zero attached hydrogens (tertiary/aromatic N) is 9. The Morgan fingerprint density at radius 2 is 1.85 bits per heavy atom. The first-order valence-corrected chi connectivity index (χ1v) is 13.5. The molecule has 206 valence electrons. The number of hydrogen-bond acceptors (Lipinski definition) is 9. The van der Waals surface area contributed by atoms with Crippen LogP contribution in [-0.4, -0.2) is 60.5 Å². The number of anilines is 2. The van der Waals surface area contributed by atoms with E-state index in [4.69, 9.17) is 19.8 Å². The van der Waals surface area contributed by atoms with Crippen LogP contribution in [0.15, 0.2) is 60.9 Å². The monoisotopic (exact) mass is 547 g/mol. The van der Waals surface area contributed by atoms with Gasteiger partial charge in [-0.1, -0.05) is 12.1 Å². The number of fused-ring (bicyclic) bond motifs is 1. The summed E-state index contributed by atoms with van der Waals surface area (Å²) >= 11 is 0. The molecule has 0 unspecified atom stereocenters. The SMILES string of the molecule is [2H]C([2H])([2H])N(c1ccnc(C#N)n1)C1CCN(Cc2ccc(-n3c(-c4cccnc4N)nc4cc(C)c(C)nc43)cc2)CC1. The number of rotatable bonds is 6. The van der Waals surface area contributed by atoms with Crippen LogP contribution in [0, 0.1) is 25.2 Å². The summed E-state index contributed by atoms with van der Waals surface area (Å²) in [5.41, 5.74) is 12.6. The Labute approximate surface area is 243 Å². The van der Waals surface area contributed by atoms with Crippen LogP contribution >= 0.6 is 0 Å². The minimum absolute atomic E-state index is 0.0432. The minimum atomic E-state index is -2.38. The molecule has 5 heterocycles. The molecule has 1 fully saturated rings. The first-order valence-electron chi connectivity index (χ1n) is 15.0. The summed E-state index contributed by atoms with van der Waals surface area (Å²) < 4.78 is 26.4. The summed E-state index contributed by atoms with van der Waals surface area (Å²) in [5.74, 6) is 1.30. The fourth-order valence-electron chi connectivity index (χ4n) is 5.29. The molecule has 1 aliphatic heterocycles. The predicted molar refractivity (Wildman–Crippen MR) is 159 cm³/mol. The Kier molecular flexibility index (Phi) is 6.11. The quantitative estimate of drug-likeness (QED) is 0.328. The van der Waals surface area contributed by atoms with Gasteiger partial charge < -0.3 is 10.6 Å². The lowest BCUT2D eigenvalue weighted by atomic mass is 10.0. The molecular formula is C31H32N10. The first-order chi connectivity index (χ1) is 21.1. The molecule has 41 heavy (non-hydrogen) atoms. The average Bonchev–Trinajstić information content (AvgIpc) is 3.36. The third kappa shape index (κ3) is 5.19. The fourth-order valence-corrected chi connectivity index (χ4v) is 5.29. The molecule has 0 spiro atoms. The van der Waals surface area contributed by atoms with Gasteiger partial charge in [-0.3, -0.25) is 9.47 Å². The predicted octanol–water partition coefficient (Wildman–Crippen LogP) is 4.44. The Bertz CT molecular complexity index is 1850.